The van der Waals surface area contributed by atoms with Crippen LogP contribution in [0.5, 0.6) is 0 Å². The Balaban J connectivity index is 2.08. The molecule has 1 fully saturated rings. The molecule has 0 aliphatic carbocycles. The Morgan fingerprint density at radius 3 is 2.39 bits per heavy atom. The molecule has 0 radical (unpaired) electrons. The first-order valence-corrected chi connectivity index (χ1v) is 9.79. The van der Waals surface area contributed by atoms with Crippen LogP contribution in [0.2, 0.25) is 0 Å². The third kappa shape index (κ3) is 5.45. The highest BCUT2D eigenvalue weighted by Gasteiger charge is 2.45. The van der Waals surface area contributed by atoms with Gasteiger partial charge in [-0.3, -0.25) is 10.1 Å². The van der Waals surface area contributed by atoms with Gasteiger partial charge in [-0.1, -0.05) is 44.2 Å². The summed E-state index contributed by atoms with van der Waals surface area (Å²) in [6, 6.07) is 8.89. The van der Waals surface area contributed by atoms with E-state index in [0.717, 1.165) is 5.56 Å². The first kappa shape index (κ1) is 22.2. The van der Waals surface area contributed by atoms with Gasteiger partial charge in [0.25, 0.3) is 0 Å². The number of carbonyl (C=O) groups excluding carboxylic acids is 2. The molecule has 28 heavy (non-hydrogen) atoms. The SMILES string of the molecule is CC(C)C1N[C@@H]([C@@H](O)CNC(=O)OC(C)(C)C)C(=O)N1[C@@H](C)c1ccccc1. The predicted octanol–water partition coefficient (Wildman–Crippen LogP) is 2.42. The second kappa shape index (κ2) is 8.92. The van der Waals surface area contributed by atoms with Crippen LogP contribution in [-0.4, -0.2) is 52.5 Å². The van der Waals surface area contributed by atoms with E-state index in [-0.39, 0.29) is 30.6 Å². The number of hydrogen-bond acceptors (Lipinski definition) is 5. The molecule has 0 spiro atoms. The number of benzene rings is 1. The van der Waals surface area contributed by atoms with Crippen LogP contribution in [0.1, 0.15) is 53.1 Å². The van der Waals surface area contributed by atoms with Crippen LogP contribution in [0.4, 0.5) is 4.79 Å². The summed E-state index contributed by atoms with van der Waals surface area (Å²) < 4.78 is 5.18. The van der Waals surface area contributed by atoms with E-state index in [2.05, 4.69) is 10.6 Å². The van der Waals surface area contributed by atoms with Gasteiger partial charge in [0, 0.05) is 6.54 Å². The van der Waals surface area contributed by atoms with Gasteiger partial charge in [-0.05, 0) is 39.2 Å². The average Bonchev–Trinajstić information content (AvgIpc) is 2.96. The lowest BCUT2D eigenvalue weighted by Crippen LogP contribution is -2.48. The quantitative estimate of drug-likeness (QED) is 0.693. The highest BCUT2D eigenvalue weighted by atomic mass is 16.6. The van der Waals surface area contributed by atoms with E-state index >= 15 is 0 Å². The maximum atomic E-state index is 13.1. The molecule has 7 nitrogen and oxygen atoms in total. The molecule has 0 bridgehead atoms. The van der Waals surface area contributed by atoms with Crippen molar-refractivity contribution in [2.45, 2.75) is 71.5 Å². The largest absolute Gasteiger partial charge is 0.444 e. The standard InChI is InChI=1S/C21H33N3O4/c1-13(2)18-23-17(16(25)12-22-20(27)28-21(4,5)6)19(26)24(18)14(3)15-10-8-7-9-11-15/h7-11,13-14,16-18,23,25H,12H2,1-6H3,(H,22,27)/t14-,16-,17-,18?/m0/s1. The van der Waals surface area contributed by atoms with E-state index < -0.39 is 23.8 Å². The lowest BCUT2D eigenvalue weighted by atomic mass is 10.0. The summed E-state index contributed by atoms with van der Waals surface area (Å²) >= 11 is 0. The monoisotopic (exact) mass is 391 g/mol. The first-order chi connectivity index (χ1) is 13.0. The van der Waals surface area contributed by atoms with Crippen LogP contribution in [0.15, 0.2) is 30.3 Å². The third-order valence-corrected chi connectivity index (χ3v) is 4.74. The molecule has 1 unspecified atom stereocenters. The summed E-state index contributed by atoms with van der Waals surface area (Å²) in [6.07, 6.45) is -1.88. The van der Waals surface area contributed by atoms with Crippen molar-refractivity contribution in [2.24, 2.45) is 5.92 Å². The molecule has 1 aromatic carbocycles. The average molecular weight is 392 g/mol. The van der Waals surface area contributed by atoms with Crippen LogP contribution >= 0.6 is 0 Å². The molecule has 2 amide bonds. The molecular weight excluding hydrogens is 358 g/mol. The fraction of sp³-hybridized carbons (Fsp3) is 0.619. The van der Waals surface area contributed by atoms with Crippen LogP contribution < -0.4 is 10.6 Å². The van der Waals surface area contributed by atoms with Crippen LogP contribution in [0.25, 0.3) is 0 Å². The Morgan fingerprint density at radius 1 is 1.25 bits per heavy atom. The number of nitrogens with one attached hydrogen (secondary N) is 2. The van der Waals surface area contributed by atoms with Crippen molar-refractivity contribution in [3.63, 3.8) is 0 Å². The summed E-state index contributed by atoms with van der Waals surface area (Å²) in [4.78, 5) is 26.7. The van der Waals surface area contributed by atoms with Crippen LogP contribution in [-0.2, 0) is 9.53 Å². The van der Waals surface area contributed by atoms with Gasteiger partial charge >= 0.3 is 6.09 Å². The first-order valence-electron chi connectivity index (χ1n) is 9.79. The summed E-state index contributed by atoms with van der Waals surface area (Å²) in [6.45, 7) is 11.3. The summed E-state index contributed by atoms with van der Waals surface area (Å²) in [5, 5.41) is 16.3. The van der Waals surface area contributed by atoms with Crippen molar-refractivity contribution in [1.82, 2.24) is 15.5 Å². The second-order valence-electron chi connectivity index (χ2n) is 8.62. The fourth-order valence-electron chi connectivity index (χ4n) is 3.37. The van der Waals surface area contributed by atoms with E-state index in [1.54, 1.807) is 25.7 Å². The number of hydrogen-bond donors (Lipinski definition) is 3. The Bertz CT molecular complexity index is 672. The van der Waals surface area contributed by atoms with Gasteiger partial charge in [0.1, 0.15) is 11.6 Å². The molecule has 0 aromatic heterocycles. The summed E-state index contributed by atoms with van der Waals surface area (Å²) in [5.74, 6) is -0.0142. The number of nitrogens with zero attached hydrogens (tertiary/aromatic N) is 1. The molecule has 1 aliphatic heterocycles. The van der Waals surface area contributed by atoms with E-state index in [0.29, 0.717) is 0 Å². The minimum absolute atomic E-state index is 0.0727. The number of alkyl carbamates (subject to hydrolysis) is 1. The number of aliphatic hydroxyl groups is 1. The zero-order valence-corrected chi connectivity index (χ0v) is 17.6. The molecule has 0 saturated carbocycles. The van der Waals surface area contributed by atoms with Gasteiger partial charge in [0.15, 0.2) is 0 Å². The van der Waals surface area contributed by atoms with Gasteiger partial charge in [0.05, 0.1) is 18.3 Å². The predicted molar refractivity (Wildman–Crippen MR) is 107 cm³/mol. The number of amides is 2. The van der Waals surface area contributed by atoms with Crippen molar-refractivity contribution in [3.05, 3.63) is 35.9 Å². The van der Waals surface area contributed by atoms with E-state index in [1.165, 1.54) is 0 Å². The summed E-state index contributed by atoms with van der Waals surface area (Å²) in [5.41, 5.74) is 0.409. The molecule has 2 rings (SSSR count). The van der Waals surface area contributed by atoms with E-state index in [9.17, 15) is 14.7 Å². The normalized spacial score (nSPS) is 22.3. The Hall–Kier alpha value is -2.12. The van der Waals surface area contributed by atoms with Gasteiger partial charge in [-0.15, -0.1) is 0 Å². The molecule has 1 aliphatic rings. The topological polar surface area (TPSA) is 90.9 Å². The van der Waals surface area contributed by atoms with Gasteiger partial charge < -0.3 is 20.1 Å². The van der Waals surface area contributed by atoms with Crippen LogP contribution in [0, 0.1) is 5.92 Å². The maximum absolute atomic E-state index is 13.1. The van der Waals surface area contributed by atoms with E-state index in [4.69, 9.17) is 4.74 Å². The smallest absolute Gasteiger partial charge is 0.407 e. The Kier molecular flexibility index (Phi) is 7.06. The molecule has 4 atom stereocenters. The minimum atomic E-state index is -1.06. The molecule has 156 valence electrons. The molecular formula is C21H33N3O4. The molecule has 3 N–H and O–H groups in total. The second-order valence-corrected chi connectivity index (χ2v) is 8.62. The zero-order valence-electron chi connectivity index (χ0n) is 17.6. The minimum Gasteiger partial charge on any atom is -0.444 e. The number of carbonyl (C=O) groups is 2. The third-order valence-electron chi connectivity index (χ3n) is 4.74. The number of ether oxygens (including phenoxy) is 1. The van der Waals surface area contributed by atoms with Gasteiger partial charge in [0.2, 0.25) is 5.91 Å². The van der Waals surface area contributed by atoms with Crippen molar-refractivity contribution in [1.29, 1.82) is 0 Å². The zero-order chi connectivity index (χ0) is 21.1. The van der Waals surface area contributed by atoms with Gasteiger partial charge in [-0.25, -0.2) is 4.79 Å². The van der Waals surface area contributed by atoms with Crippen molar-refractivity contribution in [3.8, 4) is 0 Å². The maximum Gasteiger partial charge on any atom is 0.407 e. The van der Waals surface area contributed by atoms with Crippen molar-refractivity contribution >= 4 is 12.0 Å². The van der Waals surface area contributed by atoms with E-state index in [1.807, 2.05) is 51.1 Å². The Morgan fingerprint density at radius 2 is 1.86 bits per heavy atom. The molecule has 7 heteroatoms. The molecule has 1 aromatic rings. The fourth-order valence-corrected chi connectivity index (χ4v) is 3.37. The van der Waals surface area contributed by atoms with Crippen molar-refractivity contribution in [2.75, 3.05) is 6.54 Å². The van der Waals surface area contributed by atoms with Crippen molar-refractivity contribution < 1.29 is 19.4 Å². The highest BCUT2D eigenvalue weighted by molar-refractivity contribution is 5.85. The Labute approximate surface area is 167 Å². The lowest BCUT2D eigenvalue weighted by molar-refractivity contribution is -0.134. The van der Waals surface area contributed by atoms with Crippen LogP contribution in [0.3, 0.4) is 0 Å². The summed E-state index contributed by atoms with van der Waals surface area (Å²) in [7, 11) is 0. The van der Waals surface area contributed by atoms with Gasteiger partial charge in [-0.2, -0.15) is 0 Å². The number of aliphatic hydroxyl groups excluding tert-OH is 1. The molecule has 1 heterocycles. The number of rotatable bonds is 6. The molecule has 1 saturated heterocycles. The highest BCUT2D eigenvalue weighted by Crippen LogP contribution is 2.30. The lowest BCUT2D eigenvalue weighted by Gasteiger charge is -2.33.